The highest BCUT2D eigenvalue weighted by Crippen LogP contribution is 2.41. The molecule has 3 aromatic rings. The van der Waals surface area contributed by atoms with Crippen molar-refractivity contribution >= 4 is 11.9 Å². The highest BCUT2D eigenvalue weighted by molar-refractivity contribution is 6.00. The van der Waals surface area contributed by atoms with Crippen LogP contribution in [0.3, 0.4) is 0 Å². The maximum Gasteiger partial charge on any atom is 0.419 e. The van der Waals surface area contributed by atoms with Crippen molar-refractivity contribution in [3.05, 3.63) is 60.0 Å². The van der Waals surface area contributed by atoms with Crippen molar-refractivity contribution in [3.63, 3.8) is 0 Å². The van der Waals surface area contributed by atoms with Crippen LogP contribution in [0.2, 0.25) is 0 Å². The summed E-state index contributed by atoms with van der Waals surface area (Å²) >= 11 is 0. The molecule has 1 amide bonds. The number of fused-ring (bicyclic) bond motifs is 2. The zero-order valence-corrected chi connectivity index (χ0v) is 16.5. The lowest BCUT2D eigenvalue weighted by Crippen LogP contribution is -2.40. The Morgan fingerprint density at radius 1 is 1.16 bits per heavy atom. The topological polar surface area (TPSA) is 84.2 Å². The minimum Gasteiger partial charge on any atom is -0.444 e. The molecule has 5 rings (SSSR count). The molecule has 0 saturated carbocycles. The second-order valence-electron chi connectivity index (χ2n) is 7.79. The summed E-state index contributed by atoms with van der Waals surface area (Å²) in [6.07, 6.45) is 1.69. The zero-order chi connectivity index (χ0) is 22.5. The number of aromatic nitrogens is 3. The van der Waals surface area contributed by atoms with Crippen LogP contribution < -0.4 is 5.32 Å². The summed E-state index contributed by atoms with van der Waals surface area (Å²) in [6.45, 7) is 0. The number of alkyl halides is 3. The minimum absolute atomic E-state index is 0.00406. The van der Waals surface area contributed by atoms with Crippen molar-refractivity contribution in [1.82, 2.24) is 19.9 Å². The van der Waals surface area contributed by atoms with Gasteiger partial charge in [-0.3, -0.25) is 4.79 Å². The van der Waals surface area contributed by atoms with Gasteiger partial charge in [-0.05, 0) is 31.4 Å². The first-order chi connectivity index (χ1) is 15.3. The zero-order valence-electron chi connectivity index (χ0n) is 16.5. The van der Waals surface area contributed by atoms with E-state index in [0.29, 0.717) is 12.8 Å². The van der Waals surface area contributed by atoms with Gasteiger partial charge in [0.15, 0.2) is 0 Å². The molecule has 7 nitrogen and oxygen atoms in total. The first-order valence-electron chi connectivity index (χ1n) is 10.00. The average Bonchev–Trinajstić information content (AvgIpc) is 3.49. The number of carbonyl (C=O) groups excluding carboxylic acids is 1. The van der Waals surface area contributed by atoms with Gasteiger partial charge in [0.05, 0.1) is 35.0 Å². The van der Waals surface area contributed by atoms with E-state index in [9.17, 15) is 22.4 Å². The van der Waals surface area contributed by atoms with Crippen LogP contribution in [0.25, 0.3) is 11.5 Å². The average molecular weight is 447 g/mol. The molecule has 1 aromatic carbocycles. The molecule has 1 N–H and O–H groups in total. The SMILES string of the molecule is O=C(c1cccc(F)c1-c1ncco1)N1[C@@H]2CC[C@H]1[C@H](Nc1ncc(C(F)(F)F)cn1)C2. The first kappa shape index (κ1) is 20.4. The number of carbonyl (C=O) groups is 1. The number of oxazole rings is 1. The highest BCUT2D eigenvalue weighted by atomic mass is 19.4. The lowest BCUT2D eigenvalue weighted by molar-refractivity contribution is -0.138. The number of nitrogens with one attached hydrogen (secondary N) is 1. The van der Waals surface area contributed by atoms with Crippen LogP contribution in [0.15, 0.2) is 47.5 Å². The molecule has 32 heavy (non-hydrogen) atoms. The molecule has 2 fully saturated rings. The van der Waals surface area contributed by atoms with E-state index in [1.165, 1.54) is 30.7 Å². The van der Waals surface area contributed by atoms with E-state index in [-0.39, 0.29) is 47.0 Å². The van der Waals surface area contributed by atoms with Gasteiger partial charge in [0, 0.05) is 18.4 Å². The van der Waals surface area contributed by atoms with Crippen molar-refractivity contribution in [3.8, 4) is 11.5 Å². The Labute approximate surface area is 179 Å². The van der Waals surface area contributed by atoms with Crippen LogP contribution in [0, 0.1) is 5.82 Å². The fraction of sp³-hybridized carbons (Fsp3) is 0.333. The van der Waals surface area contributed by atoms with Crippen LogP contribution >= 0.6 is 0 Å². The van der Waals surface area contributed by atoms with E-state index in [1.807, 2.05) is 0 Å². The molecular weight excluding hydrogens is 430 g/mol. The van der Waals surface area contributed by atoms with Gasteiger partial charge < -0.3 is 14.6 Å². The molecule has 2 aliphatic heterocycles. The molecule has 0 spiro atoms. The fourth-order valence-corrected chi connectivity index (χ4v) is 4.58. The minimum atomic E-state index is -4.51. The molecule has 2 saturated heterocycles. The van der Waals surface area contributed by atoms with Crippen LogP contribution in [0.5, 0.6) is 0 Å². The summed E-state index contributed by atoms with van der Waals surface area (Å²) in [7, 11) is 0. The van der Waals surface area contributed by atoms with E-state index in [4.69, 9.17) is 4.42 Å². The number of nitrogens with zero attached hydrogens (tertiary/aromatic N) is 4. The molecule has 166 valence electrons. The van der Waals surface area contributed by atoms with Gasteiger partial charge in [-0.15, -0.1) is 0 Å². The third kappa shape index (κ3) is 3.47. The summed E-state index contributed by atoms with van der Waals surface area (Å²) in [5.41, 5.74) is -0.780. The molecule has 0 radical (unpaired) electrons. The second-order valence-corrected chi connectivity index (χ2v) is 7.79. The summed E-state index contributed by atoms with van der Waals surface area (Å²) in [4.78, 5) is 26.7. The van der Waals surface area contributed by atoms with E-state index >= 15 is 0 Å². The van der Waals surface area contributed by atoms with Crippen molar-refractivity contribution in [1.29, 1.82) is 0 Å². The highest BCUT2D eigenvalue weighted by Gasteiger charge is 2.49. The first-order valence-corrected chi connectivity index (χ1v) is 10.00. The Balaban J connectivity index is 1.38. The number of hydrogen-bond acceptors (Lipinski definition) is 6. The van der Waals surface area contributed by atoms with Crippen molar-refractivity contribution in [2.45, 2.75) is 43.6 Å². The van der Waals surface area contributed by atoms with Gasteiger partial charge in [-0.2, -0.15) is 13.2 Å². The lowest BCUT2D eigenvalue weighted by Gasteiger charge is -2.25. The molecule has 2 aliphatic rings. The van der Waals surface area contributed by atoms with Gasteiger partial charge in [0.2, 0.25) is 11.8 Å². The molecule has 0 aliphatic carbocycles. The van der Waals surface area contributed by atoms with Gasteiger partial charge in [0.1, 0.15) is 12.1 Å². The van der Waals surface area contributed by atoms with Gasteiger partial charge in [0.25, 0.3) is 5.91 Å². The van der Waals surface area contributed by atoms with Crippen LogP contribution in [-0.2, 0) is 6.18 Å². The smallest absolute Gasteiger partial charge is 0.419 e. The van der Waals surface area contributed by atoms with Crippen LogP contribution in [0.1, 0.15) is 35.2 Å². The van der Waals surface area contributed by atoms with Crippen molar-refractivity contribution < 1.29 is 26.8 Å². The number of amides is 1. The Bertz CT molecular complexity index is 1130. The lowest BCUT2D eigenvalue weighted by atomic mass is 9.96. The predicted molar refractivity (Wildman–Crippen MR) is 104 cm³/mol. The monoisotopic (exact) mass is 447 g/mol. The maximum absolute atomic E-state index is 14.6. The Morgan fingerprint density at radius 2 is 1.94 bits per heavy atom. The van der Waals surface area contributed by atoms with Gasteiger partial charge >= 0.3 is 6.18 Å². The van der Waals surface area contributed by atoms with Gasteiger partial charge in [-0.1, -0.05) is 6.07 Å². The summed E-state index contributed by atoms with van der Waals surface area (Å²) in [5, 5.41) is 3.05. The number of halogens is 4. The molecular formula is C21H17F4N5O2. The van der Waals surface area contributed by atoms with Crippen molar-refractivity contribution in [2.75, 3.05) is 5.32 Å². The summed E-state index contributed by atoms with van der Waals surface area (Å²) < 4.78 is 58.0. The Hall–Kier alpha value is -3.50. The third-order valence-corrected chi connectivity index (χ3v) is 5.96. The van der Waals surface area contributed by atoms with E-state index in [1.54, 1.807) is 4.90 Å². The quantitative estimate of drug-likeness (QED) is 0.605. The molecule has 2 aromatic heterocycles. The van der Waals surface area contributed by atoms with Crippen LogP contribution in [0.4, 0.5) is 23.5 Å². The van der Waals surface area contributed by atoms with Gasteiger partial charge in [-0.25, -0.2) is 19.3 Å². The molecule has 11 heteroatoms. The predicted octanol–water partition coefficient (Wildman–Crippen LogP) is 4.15. The second kappa shape index (κ2) is 7.57. The van der Waals surface area contributed by atoms with E-state index in [2.05, 4.69) is 20.3 Å². The number of benzene rings is 1. The Morgan fingerprint density at radius 3 is 2.62 bits per heavy atom. The Kier molecular flexibility index (Phi) is 4.83. The number of anilines is 1. The summed E-state index contributed by atoms with van der Waals surface area (Å²) in [5.74, 6) is -0.875. The third-order valence-electron chi connectivity index (χ3n) is 5.96. The summed E-state index contributed by atoms with van der Waals surface area (Å²) in [6, 6.07) is 3.69. The molecule has 3 atom stereocenters. The van der Waals surface area contributed by atoms with Crippen molar-refractivity contribution in [2.24, 2.45) is 0 Å². The van der Waals surface area contributed by atoms with E-state index < -0.39 is 17.6 Å². The largest absolute Gasteiger partial charge is 0.444 e. The van der Waals surface area contributed by atoms with Crippen LogP contribution in [-0.4, -0.2) is 43.9 Å². The number of hydrogen-bond donors (Lipinski definition) is 1. The fourth-order valence-electron chi connectivity index (χ4n) is 4.58. The standard InChI is InChI=1S/C21H17F4N5O2/c22-14-3-1-2-13(17(14)18-26-6-7-32-18)19(31)30-12-4-5-16(30)15(8-12)29-20-27-9-11(10-28-20)21(23,24)25/h1-3,6-7,9-10,12,15-16H,4-5,8H2,(H,27,28,29)/t12-,15-,16+/m1/s1. The molecule has 4 heterocycles. The normalized spacial score (nSPS) is 22.4. The number of rotatable bonds is 4. The molecule has 2 bridgehead atoms. The van der Waals surface area contributed by atoms with E-state index in [0.717, 1.165) is 18.8 Å². The maximum atomic E-state index is 14.6. The molecule has 0 unspecified atom stereocenters.